The van der Waals surface area contributed by atoms with Crippen LogP contribution in [0.2, 0.25) is 0 Å². The number of nitrogens with zero attached hydrogens (tertiary/aromatic N) is 1. The number of thiophene rings is 1. The van der Waals surface area contributed by atoms with Gasteiger partial charge in [0, 0.05) is 13.6 Å². The Kier molecular flexibility index (Phi) is 4.14. The molecule has 0 saturated heterocycles. The Morgan fingerprint density at radius 3 is 2.78 bits per heavy atom. The van der Waals surface area contributed by atoms with Crippen molar-refractivity contribution in [2.75, 3.05) is 7.05 Å². The van der Waals surface area contributed by atoms with Crippen LogP contribution >= 0.6 is 27.3 Å². The van der Waals surface area contributed by atoms with E-state index in [0.29, 0.717) is 11.4 Å². The topological polar surface area (TPSA) is 20.3 Å². The van der Waals surface area contributed by atoms with E-state index in [-0.39, 0.29) is 11.7 Å². The summed E-state index contributed by atoms with van der Waals surface area (Å²) >= 11 is 4.71. The van der Waals surface area contributed by atoms with E-state index in [1.165, 1.54) is 23.5 Å². The molecule has 2 nitrogen and oxygen atoms in total. The minimum atomic E-state index is -0.285. The van der Waals surface area contributed by atoms with Gasteiger partial charge in [0.25, 0.3) is 5.91 Å². The van der Waals surface area contributed by atoms with Gasteiger partial charge in [0.05, 0.1) is 8.66 Å². The summed E-state index contributed by atoms with van der Waals surface area (Å²) in [6.45, 7) is 0.395. The predicted molar refractivity (Wildman–Crippen MR) is 74.2 cm³/mol. The van der Waals surface area contributed by atoms with Crippen molar-refractivity contribution in [2.24, 2.45) is 0 Å². The van der Waals surface area contributed by atoms with Crippen molar-refractivity contribution in [3.05, 3.63) is 56.4 Å². The van der Waals surface area contributed by atoms with Gasteiger partial charge in [-0.2, -0.15) is 0 Å². The van der Waals surface area contributed by atoms with E-state index in [0.717, 1.165) is 9.35 Å². The second kappa shape index (κ2) is 5.63. The molecule has 0 aliphatic carbocycles. The number of rotatable bonds is 3. The lowest BCUT2D eigenvalue weighted by Crippen LogP contribution is -2.25. The van der Waals surface area contributed by atoms with Gasteiger partial charge in [-0.1, -0.05) is 12.1 Å². The van der Waals surface area contributed by atoms with Gasteiger partial charge >= 0.3 is 0 Å². The first-order valence-corrected chi connectivity index (χ1v) is 6.92. The van der Waals surface area contributed by atoms with E-state index in [1.54, 1.807) is 30.1 Å². The zero-order valence-corrected chi connectivity index (χ0v) is 12.1. The maximum atomic E-state index is 13.0. The molecule has 0 aliphatic rings. The normalized spacial score (nSPS) is 10.4. The molecular weight excluding hydrogens is 317 g/mol. The quantitative estimate of drug-likeness (QED) is 0.836. The highest BCUT2D eigenvalue weighted by molar-refractivity contribution is 9.11. The number of benzene rings is 1. The van der Waals surface area contributed by atoms with Gasteiger partial charge in [0.15, 0.2) is 0 Å². The Hall–Kier alpha value is -1.20. The Balaban J connectivity index is 2.08. The third-order valence-corrected chi connectivity index (χ3v) is 4.05. The van der Waals surface area contributed by atoms with Crippen LogP contribution in [0, 0.1) is 5.82 Å². The van der Waals surface area contributed by atoms with Gasteiger partial charge in [0.1, 0.15) is 5.82 Å². The molecule has 2 aromatic rings. The minimum Gasteiger partial charge on any atom is -0.337 e. The number of carbonyl (C=O) groups excluding carboxylic acids is 1. The fourth-order valence-corrected chi connectivity index (χ4v) is 2.98. The van der Waals surface area contributed by atoms with Crippen molar-refractivity contribution < 1.29 is 9.18 Å². The maximum absolute atomic E-state index is 13.0. The summed E-state index contributed by atoms with van der Waals surface area (Å²) in [6.07, 6.45) is 0. The SMILES string of the molecule is CN(Cc1cccc(F)c1)C(=O)c1ccc(Br)s1. The average molecular weight is 328 g/mol. The van der Waals surface area contributed by atoms with Crippen LogP contribution in [0.1, 0.15) is 15.2 Å². The molecule has 1 aromatic heterocycles. The summed E-state index contributed by atoms with van der Waals surface area (Å²) in [5.41, 5.74) is 0.779. The maximum Gasteiger partial charge on any atom is 0.264 e. The van der Waals surface area contributed by atoms with E-state index in [9.17, 15) is 9.18 Å². The largest absolute Gasteiger partial charge is 0.337 e. The summed E-state index contributed by atoms with van der Waals surface area (Å²) < 4.78 is 14.0. The first-order chi connectivity index (χ1) is 8.56. The molecule has 0 saturated carbocycles. The summed E-state index contributed by atoms with van der Waals surface area (Å²) in [5.74, 6) is -0.345. The van der Waals surface area contributed by atoms with E-state index in [1.807, 2.05) is 6.07 Å². The van der Waals surface area contributed by atoms with Crippen LogP contribution in [0.25, 0.3) is 0 Å². The summed E-state index contributed by atoms with van der Waals surface area (Å²) in [7, 11) is 1.71. The lowest BCUT2D eigenvalue weighted by Gasteiger charge is -2.16. The molecule has 2 rings (SSSR count). The van der Waals surface area contributed by atoms with Gasteiger partial charge in [-0.15, -0.1) is 11.3 Å². The van der Waals surface area contributed by atoms with Crippen LogP contribution in [0.4, 0.5) is 4.39 Å². The fraction of sp³-hybridized carbons (Fsp3) is 0.154. The molecule has 0 aliphatic heterocycles. The highest BCUT2D eigenvalue weighted by Gasteiger charge is 2.14. The van der Waals surface area contributed by atoms with Gasteiger partial charge in [-0.3, -0.25) is 4.79 Å². The average Bonchev–Trinajstić information content (AvgIpc) is 2.75. The molecule has 0 spiro atoms. The predicted octanol–water partition coefficient (Wildman–Crippen LogP) is 3.92. The van der Waals surface area contributed by atoms with E-state index in [2.05, 4.69) is 15.9 Å². The first-order valence-electron chi connectivity index (χ1n) is 5.31. The molecule has 18 heavy (non-hydrogen) atoms. The van der Waals surface area contributed by atoms with E-state index in [4.69, 9.17) is 0 Å². The highest BCUT2D eigenvalue weighted by atomic mass is 79.9. The molecule has 5 heteroatoms. The van der Waals surface area contributed by atoms with Gasteiger partial charge < -0.3 is 4.90 Å². The molecule has 1 amide bonds. The third-order valence-electron chi connectivity index (χ3n) is 2.44. The molecule has 0 N–H and O–H groups in total. The smallest absolute Gasteiger partial charge is 0.264 e. The second-order valence-electron chi connectivity index (χ2n) is 3.89. The first kappa shape index (κ1) is 13.2. The molecule has 94 valence electrons. The van der Waals surface area contributed by atoms with Crippen LogP contribution in [-0.4, -0.2) is 17.9 Å². The van der Waals surface area contributed by atoms with Crippen LogP contribution in [0.3, 0.4) is 0 Å². The standard InChI is InChI=1S/C13H11BrFNOS/c1-16(8-9-3-2-4-10(15)7-9)13(17)11-5-6-12(14)18-11/h2-7H,8H2,1H3. The second-order valence-corrected chi connectivity index (χ2v) is 6.36. The van der Waals surface area contributed by atoms with Crippen molar-refractivity contribution >= 4 is 33.2 Å². The fourth-order valence-electron chi connectivity index (χ4n) is 1.60. The molecule has 0 radical (unpaired) electrons. The molecule has 0 atom stereocenters. The monoisotopic (exact) mass is 327 g/mol. The van der Waals surface area contributed by atoms with E-state index >= 15 is 0 Å². The van der Waals surface area contributed by atoms with Crippen molar-refractivity contribution in [3.63, 3.8) is 0 Å². The van der Waals surface area contributed by atoms with Gasteiger partial charge in [-0.05, 0) is 45.8 Å². The lowest BCUT2D eigenvalue weighted by molar-refractivity contribution is 0.0789. The molecule has 1 heterocycles. The molecule has 0 unspecified atom stereocenters. The third kappa shape index (κ3) is 3.17. The van der Waals surface area contributed by atoms with Crippen molar-refractivity contribution in [1.29, 1.82) is 0 Å². The number of amides is 1. The van der Waals surface area contributed by atoms with Crippen LogP contribution in [-0.2, 0) is 6.54 Å². The number of hydrogen-bond donors (Lipinski definition) is 0. The van der Waals surface area contributed by atoms with Crippen molar-refractivity contribution in [3.8, 4) is 0 Å². The number of halogens is 2. The molecule has 0 bridgehead atoms. The van der Waals surface area contributed by atoms with Crippen LogP contribution < -0.4 is 0 Å². The zero-order chi connectivity index (χ0) is 13.1. The van der Waals surface area contributed by atoms with Crippen LogP contribution in [0.15, 0.2) is 40.2 Å². The highest BCUT2D eigenvalue weighted by Crippen LogP contribution is 2.23. The van der Waals surface area contributed by atoms with Crippen molar-refractivity contribution in [2.45, 2.75) is 6.54 Å². The van der Waals surface area contributed by atoms with Gasteiger partial charge in [0.2, 0.25) is 0 Å². The minimum absolute atomic E-state index is 0.0602. The Morgan fingerprint density at radius 2 is 2.17 bits per heavy atom. The van der Waals surface area contributed by atoms with Crippen LogP contribution in [0.5, 0.6) is 0 Å². The molecule has 0 fully saturated rings. The van der Waals surface area contributed by atoms with Crippen molar-refractivity contribution in [1.82, 2.24) is 4.90 Å². The summed E-state index contributed by atoms with van der Waals surface area (Å²) in [5, 5.41) is 0. The number of carbonyl (C=O) groups is 1. The molecular formula is C13H11BrFNOS. The molecule has 1 aromatic carbocycles. The summed E-state index contributed by atoms with van der Waals surface area (Å²) in [6, 6.07) is 9.89. The summed E-state index contributed by atoms with van der Waals surface area (Å²) in [4.78, 5) is 14.3. The van der Waals surface area contributed by atoms with E-state index < -0.39 is 0 Å². The Morgan fingerprint density at radius 1 is 1.39 bits per heavy atom. The Bertz CT molecular complexity index is 570. The van der Waals surface area contributed by atoms with Gasteiger partial charge in [-0.25, -0.2) is 4.39 Å². The zero-order valence-electron chi connectivity index (χ0n) is 9.69. The Labute approximate surface area is 117 Å². The lowest BCUT2D eigenvalue weighted by atomic mass is 10.2. The number of hydrogen-bond acceptors (Lipinski definition) is 2.